The molecule has 0 bridgehead atoms. The molecule has 17 heavy (non-hydrogen) atoms. The van der Waals surface area contributed by atoms with E-state index in [0.29, 0.717) is 18.5 Å². The minimum atomic E-state index is 0.542. The number of benzene rings is 1. The monoisotopic (exact) mass is 234 g/mol. The van der Waals surface area contributed by atoms with Gasteiger partial charge in [-0.2, -0.15) is 0 Å². The number of methoxy groups -OCH3 is 1. The van der Waals surface area contributed by atoms with Crippen molar-refractivity contribution in [1.82, 2.24) is 10.7 Å². The Morgan fingerprint density at radius 2 is 2.12 bits per heavy atom. The molecule has 0 atom stereocenters. The van der Waals surface area contributed by atoms with E-state index in [4.69, 9.17) is 10.6 Å². The largest absolute Gasteiger partial charge is 0.497 e. The van der Waals surface area contributed by atoms with Gasteiger partial charge in [-0.1, -0.05) is 12.1 Å². The zero-order valence-corrected chi connectivity index (χ0v) is 9.94. The second-order valence-corrected chi connectivity index (χ2v) is 4.08. The highest BCUT2D eigenvalue weighted by Crippen LogP contribution is 2.18. The molecule has 1 aromatic carbocycles. The van der Waals surface area contributed by atoms with Crippen molar-refractivity contribution < 1.29 is 4.74 Å². The Morgan fingerprint density at radius 1 is 1.41 bits per heavy atom. The molecule has 5 heteroatoms. The van der Waals surface area contributed by atoms with E-state index in [-0.39, 0.29) is 0 Å². The Kier molecular flexibility index (Phi) is 3.82. The highest BCUT2D eigenvalue weighted by molar-refractivity contribution is 5.79. The lowest BCUT2D eigenvalue weighted by molar-refractivity contribution is 0.414. The van der Waals surface area contributed by atoms with E-state index in [9.17, 15) is 0 Å². The van der Waals surface area contributed by atoms with Gasteiger partial charge in [0.15, 0.2) is 0 Å². The van der Waals surface area contributed by atoms with Crippen molar-refractivity contribution in [3.63, 3.8) is 0 Å². The first kappa shape index (κ1) is 11.7. The molecule has 0 amide bonds. The Labute approximate surface area is 101 Å². The number of rotatable bonds is 4. The molecule has 1 aliphatic rings. The average Bonchev–Trinajstić information content (AvgIpc) is 3.19. The standard InChI is InChI=1S/C12H18N4O/c1-17-11-6-2-9(3-7-11)8-14-12(16-13)15-10-4-5-10/h2-3,6-7,10H,4-5,8,13H2,1H3,(H2,14,15,16). The van der Waals surface area contributed by atoms with Crippen molar-refractivity contribution in [3.8, 4) is 5.75 Å². The summed E-state index contributed by atoms with van der Waals surface area (Å²) in [5.74, 6) is 6.90. The molecule has 5 nitrogen and oxygen atoms in total. The van der Waals surface area contributed by atoms with Gasteiger partial charge in [0, 0.05) is 6.04 Å². The van der Waals surface area contributed by atoms with Crippen LogP contribution < -0.4 is 21.3 Å². The Bertz CT molecular complexity index is 384. The molecule has 0 aliphatic heterocycles. The van der Waals surface area contributed by atoms with E-state index >= 15 is 0 Å². The van der Waals surface area contributed by atoms with E-state index in [1.165, 1.54) is 12.8 Å². The number of nitrogens with one attached hydrogen (secondary N) is 2. The molecule has 1 aromatic rings. The third-order valence-electron chi connectivity index (χ3n) is 2.63. The predicted octanol–water partition coefficient (Wildman–Crippen LogP) is 0.766. The summed E-state index contributed by atoms with van der Waals surface area (Å²) in [7, 11) is 1.66. The predicted molar refractivity (Wildman–Crippen MR) is 67.6 cm³/mol. The van der Waals surface area contributed by atoms with Crippen molar-refractivity contribution >= 4 is 5.96 Å². The van der Waals surface area contributed by atoms with Crippen LogP contribution in [-0.2, 0) is 6.54 Å². The van der Waals surface area contributed by atoms with Crippen LogP contribution in [0.3, 0.4) is 0 Å². The molecule has 1 fully saturated rings. The minimum Gasteiger partial charge on any atom is -0.497 e. The summed E-state index contributed by atoms with van der Waals surface area (Å²) in [6.07, 6.45) is 2.40. The molecular formula is C12H18N4O. The second-order valence-electron chi connectivity index (χ2n) is 4.08. The van der Waals surface area contributed by atoms with E-state index in [0.717, 1.165) is 11.3 Å². The van der Waals surface area contributed by atoms with E-state index in [1.807, 2.05) is 24.3 Å². The topological polar surface area (TPSA) is 71.7 Å². The average molecular weight is 234 g/mol. The quantitative estimate of drug-likeness (QED) is 0.311. The molecule has 4 N–H and O–H groups in total. The lowest BCUT2D eigenvalue weighted by Gasteiger charge is -2.07. The Hall–Kier alpha value is -1.75. The summed E-state index contributed by atoms with van der Waals surface area (Å²) >= 11 is 0. The summed E-state index contributed by atoms with van der Waals surface area (Å²) in [5.41, 5.74) is 3.70. The van der Waals surface area contributed by atoms with Gasteiger partial charge < -0.3 is 10.1 Å². The lowest BCUT2D eigenvalue weighted by Crippen LogP contribution is -2.42. The number of hydrazine groups is 1. The van der Waals surface area contributed by atoms with Crippen LogP contribution >= 0.6 is 0 Å². The minimum absolute atomic E-state index is 0.542. The van der Waals surface area contributed by atoms with Gasteiger partial charge in [-0.15, -0.1) is 0 Å². The van der Waals surface area contributed by atoms with Crippen LogP contribution in [0.1, 0.15) is 18.4 Å². The van der Waals surface area contributed by atoms with Crippen LogP contribution in [0.4, 0.5) is 0 Å². The maximum Gasteiger partial charge on any atom is 0.206 e. The number of hydrogen-bond donors (Lipinski definition) is 3. The lowest BCUT2D eigenvalue weighted by atomic mass is 10.2. The van der Waals surface area contributed by atoms with Gasteiger partial charge in [0.25, 0.3) is 0 Å². The van der Waals surface area contributed by atoms with Gasteiger partial charge in [0.05, 0.1) is 13.7 Å². The second kappa shape index (κ2) is 5.54. The summed E-state index contributed by atoms with van der Waals surface area (Å²) in [6.45, 7) is 0.600. The van der Waals surface area contributed by atoms with Gasteiger partial charge >= 0.3 is 0 Å². The Morgan fingerprint density at radius 3 is 2.65 bits per heavy atom. The molecule has 0 spiro atoms. The van der Waals surface area contributed by atoms with Crippen molar-refractivity contribution in [3.05, 3.63) is 29.8 Å². The smallest absolute Gasteiger partial charge is 0.206 e. The molecule has 0 aromatic heterocycles. The van der Waals surface area contributed by atoms with Gasteiger partial charge in [-0.05, 0) is 30.5 Å². The van der Waals surface area contributed by atoms with Gasteiger partial charge in [-0.25, -0.2) is 10.8 Å². The van der Waals surface area contributed by atoms with Crippen molar-refractivity contribution in [2.75, 3.05) is 7.11 Å². The molecule has 1 saturated carbocycles. The Balaban J connectivity index is 1.91. The molecule has 2 rings (SSSR count). The SMILES string of the molecule is COc1ccc(CN=C(NN)NC2CC2)cc1. The normalized spacial score (nSPS) is 15.5. The fraction of sp³-hybridized carbons (Fsp3) is 0.417. The molecular weight excluding hydrogens is 216 g/mol. The highest BCUT2D eigenvalue weighted by atomic mass is 16.5. The maximum absolute atomic E-state index is 5.40. The van der Waals surface area contributed by atoms with E-state index < -0.39 is 0 Å². The van der Waals surface area contributed by atoms with E-state index in [2.05, 4.69) is 15.7 Å². The fourth-order valence-electron chi connectivity index (χ4n) is 1.46. The van der Waals surface area contributed by atoms with Crippen LogP contribution in [0.2, 0.25) is 0 Å². The zero-order valence-electron chi connectivity index (χ0n) is 9.94. The van der Waals surface area contributed by atoms with Crippen molar-refractivity contribution in [2.45, 2.75) is 25.4 Å². The van der Waals surface area contributed by atoms with Crippen LogP contribution in [0.5, 0.6) is 5.75 Å². The highest BCUT2D eigenvalue weighted by Gasteiger charge is 2.21. The summed E-state index contributed by atoms with van der Waals surface area (Å²) in [5, 5.41) is 3.22. The third kappa shape index (κ3) is 3.64. The molecule has 92 valence electrons. The number of ether oxygens (including phenoxy) is 1. The molecule has 1 aliphatic carbocycles. The molecule has 0 heterocycles. The number of nitrogens with zero attached hydrogens (tertiary/aromatic N) is 1. The zero-order chi connectivity index (χ0) is 12.1. The molecule has 0 radical (unpaired) electrons. The van der Waals surface area contributed by atoms with Crippen molar-refractivity contribution in [1.29, 1.82) is 0 Å². The van der Waals surface area contributed by atoms with Gasteiger partial charge in [0.2, 0.25) is 5.96 Å². The molecule has 0 unspecified atom stereocenters. The number of nitrogens with two attached hydrogens (primary N) is 1. The van der Waals surface area contributed by atoms with Crippen LogP contribution in [-0.4, -0.2) is 19.1 Å². The van der Waals surface area contributed by atoms with Crippen molar-refractivity contribution in [2.24, 2.45) is 10.8 Å². The van der Waals surface area contributed by atoms with E-state index in [1.54, 1.807) is 7.11 Å². The summed E-state index contributed by atoms with van der Waals surface area (Å²) < 4.78 is 5.10. The number of aliphatic imine (C=N–C) groups is 1. The van der Waals surface area contributed by atoms with Gasteiger partial charge in [0.1, 0.15) is 5.75 Å². The molecule has 0 saturated heterocycles. The van der Waals surface area contributed by atoms with Gasteiger partial charge in [-0.3, -0.25) is 5.43 Å². The first-order valence-corrected chi connectivity index (χ1v) is 5.72. The van der Waals surface area contributed by atoms with Crippen LogP contribution in [0.25, 0.3) is 0 Å². The first-order chi connectivity index (χ1) is 8.31. The van der Waals surface area contributed by atoms with Crippen LogP contribution in [0.15, 0.2) is 29.3 Å². The third-order valence-corrected chi connectivity index (χ3v) is 2.63. The maximum atomic E-state index is 5.40. The fourth-order valence-corrected chi connectivity index (χ4v) is 1.46. The first-order valence-electron chi connectivity index (χ1n) is 5.72. The summed E-state index contributed by atoms with van der Waals surface area (Å²) in [4.78, 5) is 4.38. The summed E-state index contributed by atoms with van der Waals surface area (Å²) in [6, 6.07) is 8.38. The van der Waals surface area contributed by atoms with Crippen LogP contribution in [0, 0.1) is 0 Å². The number of hydrogen-bond acceptors (Lipinski definition) is 3. The number of guanidine groups is 1.